The first kappa shape index (κ1) is 31.7. The zero-order chi connectivity index (χ0) is 31.8. The van der Waals surface area contributed by atoms with E-state index in [0.717, 1.165) is 39.6 Å². The summed E-state index contributed by atoms with van der Waals surface area (Å²) in [7, 11) is 0. The molecule has 3 aromatic heterocycles. The molecule has 0 unspecified atom stereocenters. The molecular formula is C43H30IrN2OS-2. The number of hydrogen-bond acceptors (Lipinski definition) is 4. The van der Waals surface area contributed by atoms with Gasteiger partial charge in [0.05, 0.1) is 5.75 Å². The Kier molecular flexibility index (Phi) is 8.77. The van der Waals surface area contributed by atoms with Gasteiger partial charge in [0, 0.05) is 37.2 Å². The van der Waals surface area contributed by atoms with Crippen LogP contribution in [0.15, 0.2) is 146 Å². The predicted octanol–water partition coefficient (Wildman–Crippen LogP) is 11.6. The van der Waals surface area contributed by atoms with E-state index >= 15 is 0 Å². The van der Waals surface area contributed by atoms with E-state index in [9.17, 15) is 0 Å². The van der Waals surface area contributed by atoms with Gasteiger partial charge in [-0.3, -0.25) is 0 Å². The molecule has 4 heterocycles. The molecule has 0 atom stereocenters. The van der Waals surface area contributed by atoms with Gasteiger partial charge >= 0.3 is 0 Å². The molecule has 235 valence electrons. The predicted molar refractivity (Wildman–Crippen MR) is 194 cm³/mol. The molecule has 1 radical (unpaired) electrons. The summed E-state index contributed by atoms with van der Waals surface area (Å²) in [6, 6.07) is 52.2. The molecule has 0 bridgehead atoms. The van der Waals surface area contributed by atoms with E-state index in [1.165, 1.54) is 36.9 Å². The van der Waals surface area contributed by atoms with E-state index in [4.69, 9.17) is 4.74 Å². The van der Waals surface area contributed by atoms with Gasteiger partial charge in [0.15, 0.2) is 0 Å². The first-order valence-corrected chi connectivity index (χ1v) is 16.5. The SMILES string of the molecule is CC1(C)c2ccccc2Oc2cc[c-]c(-c3ccccn3)c21.[Ir].[c-]1ccc2c(sc3ccccc32)c1-c1cc(-c2ccccc2)ccn1. The summed E-state index contributed by atoms with van der Waals surface area (Å²) in [5.74, 6) is 1.82. The molecule has 0 saturated heterocycles. The molecule has 8 aromatic rings. The van der Waals surface area contributed by atoms with Crippen molar-refractivity contribution in [2.75, 3.05) is 0 Å². The van der Waals surface area contributed by atoms with Gasteiger partial charge < -0.3 is 14.7 Å². The number of aromatic nitrogens is 2. The summed E-state index contributed by atoms with van der Waals surface area (Å²) in [4.78, 5) is 9.12. The quantitative estimate of drug-likeness (QED) is 0.167. The minimum Gasteiger partial charge on any atom is -0.476 e. The normalized spacial score (nSPS) is 12.5. The molecule has 1 aliphatic heterocycles. The molecule has 0 amide bonds. The molecule has 0 spiro atoms. The Hall–Kier alpha value is -4.93. The van der Waals surface area contributed by atoms with Crippen LogP contribution in [0.25, 0.3) is 53.8 Å². The molecule has 3 nitrogen and oxygen atoms in total. The largest absolute Gasteiger partial charge is 0.476 e. The van der Waals surface area contributed by atoms with E-state index in [1.807, 2.05) is 78.3 Å². The van der Waals surface area contributed by atoms with Crippen LogP contribution in [0.2, 0.25) is 0 Å². The Balaban J connectivity index is 0.000000150. The summed E-state index contributed by atoms with van der Waals surface area (Å²) in [5, 5.41) is 2.58. The molecule has 0 fully saturated rings. The Morgan fingerprint density at radius 3 is 2.19 bits per heavy atom. The van der Waals surface area contributed by atoms with Gasteiger partial charge in [-0.15, -0.1) is 47.5 Å². The van der Waals surface area contributed by atoms with Gasteiger partial charge in [0.25, 0.3) is 0 Å². The fraction of sp³-hybridized carbons (Fsp3) is 0.0698. The van der Waals surface area contributed by atoms with Gasteiger partial charge in [-0.1, -0.05) is 110 Å². The molecule has 0 aliphatic carbocycles. The van der Waals surface area contributed by atoms with Crippen LogP contribution in [0.3, 0.4) is 0 Å². The van der Waals surface area contributed by atoms with Crippen molar-refractivity contribution < 1.29 is 24.8 Å². The standard InChI is InChI=1S/C23H14NS.C20H16NO.Ir/c1-2-7-16(8-3-1)17-13-14-24-21(15-17)20-11-6-10-19-18-9-4-5-12-22(18)25-23(19)20;1-20(2)15-9-3-4-11-17(15)22-18-12-7-8-14(19(18)20)16-10-5-6-13-21-16;/h1-10,12-15H;3-7,9-13H,1-2H3;/q2*-1;. The zero-order valence-electron chi connectivity index (χ0n) is 26.4. The van der Waals surface area contributed by atoms with Crippen molar-refractivity contribution >= 4 is 31.5 Å². The number of ether oxygens (including phenoxy) is 1. The number of hydrogen-bond donors (Lipinski definition) is 0. The van der Waals surface area contributed by atoms with Gasteiger partial charge in [0.1, 0.15) is 5.75 Å². The van der Waals surface area contributed by atoms with Crippen molar-refractivity contribution in [3.8, 4) is 45.1 Å². The topological polar surface area (TPSA) is 35.0 Å². The van der Waals surface area contributed by atoms with Crippen LogP contribution in [0.4, 0.5) is 0 Å². The third-order valence-corrected chi connectivity index (χ3v) is 9.95. The summed E-state index contributed by atoms with van der Waals surface area (Å²) in [6.07, 6.45) is 3.70. The number of fused-ring (bicyclic) bond motifs is 5. The third kappa shape index (κ3) is 5.75. The first-order chi connectivity index (χ1) is 23.1. The second-order valence-corrected chi connectivity index (χ2v) is 13.1. The zero-order valence-corrected chi connectivity index (χ0v) is 29.6. The van der Waals surface area contributed by atoms with Gasteiger partial charge in [0.2, 0.25) is 0 Å². The monoisotopic (exact) mass is 815 g/mol. The minimum atomic E-state index is -0.158. The second-order valence-electron chi connectivity index (χ2n) is 12.0. The molecule has 1 aliphatic rings. The van der Waals surface area contributed by atoms with Crippen molar-refractivity contribution in [3.63, 3.8) is 0 Å². The number of para-hydroxylation sites is 1. The van der Waals surface area contributed by atoms with Crippen LogP contribution in [-0.4, -0.2) is 9.97 Å². The van der Waals surface area contributed by atoms with Crippen LogP contribution in [0.1, 0.15) is 25.0 Å². The number of pyridine rings is 2. The number of thiophene rings is 1. The maximum absolute atomic E-state index is 6.13. The Morgan fingerprint density at radius 1 is 0.604 bits per heavy atom. The van der Waals surface area contributed by atoms with Gasteiger partial charge in [-0.25, -0.2) is 0 Å². The Morgan fingerprint density at radius 2 is 1.33 bits per heavy atom. The first-order valence-electron chi connectivity index (χ1n) is 15.7. The fourth-order valence-electron chi connectivity index (χ4n) is 6.48. The van der Waals surface area contributed by atoms with Crippen LogP contribution in [0.5, 0.6) is 11.5 Å². The summed E-state index contributed by atoms with van der Waals surface area (Å²) < 4.78 is 8.68. The third-order valence-electron chi connectivity index (χ3n) is 8.75. The van der Waals surface area contributed by atoms with Crippen LogP contribution in [-0.2, 0) is 25.5 Å². The molecule has 5 aromatic carbocycles. The minimum absolute atomic E-state index is 0. The summed E-state index contributed by atoms with van der Waals surface area (Å²) in [5.41, 5.74) is 8.55. The number of nitrogens with zero attached hydrogens (tertiary/aromatic N) is 2. The average molecular weight is 815 g/mol. The van der Waals surface area contributed by atoms with E-state index in [1.54, 1.807) is 0 Å². The van der Waals surface area contributed by atoms with Gasteiger partial charge in [-0.05, 0) is 67.8 Å². The summed E-state index contributed by atoms with van der Waals surface area (Å²) >= 11 is 1.81. The number of rotatable bonds is 3. The smallest absolute Gasteiger partial charge is 0.128 e. The number of benzene rings is 5. The van der Waals surface area contributed by atoms with Crippen molar-refractivity contribution in [2.24, 2.45) is 0 Å². The van der Waals surface area contributed by atoms with Gasteiger partial charge in [-0.2, -0.15) is 11.3 Å². The molecular weight excluding hydrogens is 785 g/mol. The molecule has 0 saturated carbocycles. The maximum atomic E-state index is 6.13. The molecule has 9 rings (SSSR count). The second kappa shape index (κ2) is 13.3. The van der Waals surface area contributed by atoms with E-state index < -0.39 is 0 Å². The maximum Gasteiger partial charge on any atom is 0.128 e. The van der Waals surface area contributed by atoms with Crippen LogP contribution >= 0.6 is 11.3 Å². The Bertz CT molecular complexity index is 2370. The van der Waals surface area contributed by atoms with Crippen molar-refractivity contribution in [1.82, 2.24) is 9.97 Å². The van der Waals surface area contributed by atoms with E-state index in [-0.39, 0.29) is 25.5 Å². The van der Waals surface area contributed by atoms with E-state index in [0.29, 0.717) is 0 Å². The van der Waals surface area contributed by atoms with Crippen LogP contribution in [0, 0.1) is 12.1 Å². The van der Waals surface area contributed by atoms with Crippen molar-refractivity contribution in [1.29, 1.82) is 0 Å². The Labute approximate surface area is 298 Å². The van der Waals surface area contributed by atoms with Crippen molar-refractivity contribution in [3.05, 3.63) is 169 Å². The summed E-state index contributed by atoms with van der Waals surface area (Å²) in [6.45, 7) is 4.46. The molecule has 5 heteroatoms. The van der Waals surface area contributed by atoms with E-state index in [2.05, 4.69) is 115 Å². The molecule has 48 heavy (non-hydrogen) atoms. The average Bonchev–Trinajstić information content (AvgIpc) is 3.52. The molecule has 0 N–H and O–H groups in total. The van der Waals surface area contributed by atoms with Crippen LogP contribution < -0.4 is 4.74 Å². The van der Waals surface area contributed by atoms with Crippen molar-refractivity contribution in [2.45, 2.75) is 19.3 Å². The fourth-order valence-corrected chi connectivity index (χ4v) is 7.69.